The van der Waals surface area contributed by atoms with Gasteiger partial charge < -0.3 is 10.1 Å². The summed E-state index contributed by atoms with van der Waals surface area (Å²) in [6.45, 7) is 0. The van der Waals surface area contributed by atoms with Gasteiger partial charge in [0.25, 0.3) is 5.56 Å². The van der Waals surface area contributed by atoms with Gasteiger partial charge in [0.1, 0.15) is 11.5 Å². The highest BCUT2D eigenvalue weighted by molar-refractivity contribution is 7.99. The van der Waals surface area contributed by atoms with Gasteiger partial charge in [0.2, 0.25) is 5.91 Å². The van der Waals surface area contributed by atoms with Crippen molar-refractivity contribution >= 4 is 57.5 Å². The summed E-state index contributed by atoms with van der Waals surface area (Å²) in [6, 6.07) is 28.5. The Bertz CT molecular complexity index is 1640. The Balaban J connectivity index is 1.43. The number of carbonyl (C=O) groups excluding carboxylic acids is 1. The van der Waals surface area contributed by atoms with E-state index in [4.69, 9.17) is 27.9 Å². The third-order valence-electron chi connectivity index (χ3n) is 5.36. The first-order valence-corrected chi connectivity index (χ1v) is 12.9. The summed E-state index contributed by atoms with van der Waals surface area (Å²) in [5.41, 5.74) is 1.38. The van der Waals surface area contributed by atoms with Crippen molar-refractivity contribution in [3.63, 3.8) is 0 Å². The number of halogens is 2. The summed E-state index contributed by atoms with van der Waals surface area (Å²) in [5.74, 6) is 1.06. The quantitative estimate of drug-likeness (QED) is 0.172. The number of amides is 1. The van der Waals surface area contributed by atoms with Crippen LogP contribution in [0.5, 0.6) is 11.5 Å². The molecule has 1 amide bonds. The fraction of sp³-hybridized carbons (Fsp3) is 0.0357. The van der Waals surface area contributed by atoms with E-state index in [1.165, 1.54) is 4.57 Å². The van der Waals surface area contributed by atoms with Gasteiger partial charge in [-0.25, -0.2) is 4.98 Å². The molecule has 0 atom stereocenters. The van der Waals surface area contributed by atoms with Gasteiger partial charge in [-0.2, -0.15) is 0 Å². The van der Waals surface area contributed by atoms with E-state index in [0.717, 1.165) is 11.8 Å². The zero-order valence-corrected chi connectivity index (χ0v) is 21.6. The third-order valence-corrected chi connectivity index (χ3v) is 6.84. The molecule has 9 heteroatoms. The van der Waals surface area contributed by atoms with E-state index in [-0.39, 0.29) is 17.2 Å². The number of thioether (sulfide) groups is 1. The van der Waals surface area contributed by atoms with Crippen LogP contribution in [0.3, 0.4) is 0 Å². The number of aromatic nitrogens is 2. The fourth-order valence-electron chi connectivity index (χ4n) is 3.63. The molecule has 0 fully saturated rings. The molecule has 5 rings (SSSR count). The van der Waals surface area contributed by atoms with Crippen LogP contribution in [-0.2, 0) is 4.79 Å². The maximum absolute atomic E-state index is 13.5. The molecule has 4 aromatic carbocycles. The van der Waals surface area contributed by atoms with Gasteiger partial charge in [0.05, 0.1) is 33.1 Å². The van der Waals surface area contributed by atoms with Crippen LogP contribution in [0.4, 0.5) is 5.69 Å². The third kappa shape index (κ3) is 5.80. The lowest BCUT2D eigenvalue weighted by Crippen LogP contribution is -2.23. The van der Waals surface area contributed by atoms with Crippen LogP contribution in [0.1, 0.15) is 0 Å². The zero-order chi connectivity index (χ0) is 25.8. The van der Waals surface area contributed by atoms with Gasteiger partial charge in [0.15, 0.2) is 5.16 Å². The summed E-state index contributed by atoms with van der Waals surface area (Å²) < 4.78 is 7.37. The average molecular weight is 548 g/mol. The first kappa shape index (κ1) is 24.9. The van der Waals surface area contributed by atoms with E-state index >= 15 is 0 Å². The van der Waals surface area contributed by atoms with E-state index in [9.17, 15) is 9.59 Å². The summed E-state index contributed by atoms with van der Waals surface area (Å²) in [5, 5.41) is 4.45. The molecule has 0 unspecified atom stereocenters. The number of fused-ring (bicyclic) bond motifs is 1. The number of nitrogens with one attached hydrogen (secondary N) is 1. The smallest absolute Gasteiger partial charge is 0.266 e. The van der Waals surface area contributed by atoms with Crippen LogP contribution in [0.15, 0.2) is 107 Å². The molecule has 6 nitrogen and oxygen atoms in total. The van der Waals surface area contributed by atoms with Crippen LogP contribution in [0, 0.1) is 0 Å². The van der Waals surface area contributed by atoms with Crippen molar-refractivity contribution in [1.29, 1.82) is 0 Å². The Kier molecular flexibility index (Phi) is 7.46. The number of anilines is 1. The number of ether oxygens (including phenoxy) is 1. The fourth-order valence-corrected chi connectivity index (χ4v) is 4.90. The lowest BCUT2D eigenvalue weighted by molar-refractivity contribution is -0.113. The van der Waals surface area contributed by atoms with Gasteiger partial charge in [-0.1, -0.05) is 65.3 Å². The van der Waals surface area contributed by atoms with Crippen LogP contribution < -0.4 is 15.6 Å². The monoisotopic (exact) mass is 547 g/mol. The summed E-state index contributed by atoms with van der Waals surface area (Å²) in [6.07, 6.45) is 0. The second kappa shape index (κ2) is 11.1. The number of nitrogens with zero attached hydrogens (tertiary/aromatic N) is 2. The molecule has 0 radical (unpaired) electrons. The van der Waals surface area contributed by atoms with Crippen LogP contribution in [0.25, 0.3) is 16.6 Å². The maximum atomic E-state index is 13.5. The Morgan fingerprint density at radius 1 is 0.892 bits per heavy atom. The van der Waals surface area contributed by atoms with Gasteiger partial charge >= 0.3 is 0 Å². The molecule has 184 valence electrons. The first-order valence-electron chi connectivity index (χ1n) is 11.2. The Labute approximate surface area is 226 Å². The molecule has 0 bridgehead atoms. The van der Waals surface area contributed by atoms with Crippen molar-refractivity contribution < 1.29 is 9.53 Å². The minimum absolute atomic E-state index is 0.0128. The Morgan fingerprint density at radius 2 is 1.59 bits per heavy atom. The van der Waals surface area contributed by atoms with E-state index < -0.39 is 0 Å². The molecule has 1 N–H and O–H groups in total. The number of rotatable bonds is 7. The SMILES string of the molecule is O=C(CSc1nc2ccccc2c(=O)n1-c1ccc(Oc2ccccc2)cc1)Nc1ccc(Cl)cc1Cl. The Morgan fingerprint density at radius 3 is 2.35 bits per heavy atom. The molecule has 37 heavy (non-hydrogen) atoms. The molecule has 1 aromatic heterocycles. The van der Waals surface area contributed by atoms with Crippen molar-refractivity contribution in [2.45, 2.75) is 5.16 Å². The predicted octanol–water partition coefficient (Wildman–Crippen LogP) is 7.22. The van der Waals surface area contributed by atoms with Crippen molar-refractivity contribution in [2.24, 2.45) is 0 Å². The van der Waals surface area contributed by atoms with Crippen LogP contribution in [-0.4, -0.2) is 21.2 Å². The number of para-hydroxylation sites is 2. The van der Waals surface area contributed by atoms with Crippen LogP contribution >= 0.6 is 35.0 Å². The van der Waals surface area contributed by atoms with E-state index in [1.807, 2.05) is 36.4 Å². The molecule has 0 saturated heterocycles. The largest absolute Gasteiger partial charge is 0.457 e. The number of hydrogen-bond donors (Lipinski definition) is 1. The van der Waals surface area contributed by atoms with Crippen molar-refractivity contribution in [3.05, 3.63) is 117 Å². The highest BCUT2D eigenvalue weighted by atomic mass is 35.5. The van der Waals surface area contributed by atoms with Crippen molar-refractivity contribution in [3.8, 4) is 17.2 Å². The molecule has 0 spiro atoms. The predicted molar refractivity (Wildman–Crippen MR) is 150 cm³/mol. The maximum Gasteiger partial charge on any atom is 0.266 e. The lowest BCUT2D eigenvalue weighted by Gasteiger charge is -2.14. The summed E-state index contributed by atoms with van der Waals surface area (Å²) in [4.78, 5) is 30.8. The molecule has 1 heterocycles. The average Bonchev–Trinajstić information content (AvgIpc) is 2.90. The van der Waals surface area contributed by atoms with Gasteiger partial charge in [-0.05, 0) is 66.7 Å². The second-order valence-electron chi connectivity index (χ2n) is 7.92. The lowest BCUT2D eigenvalue weighted by atomic mass is 10.2. The zero-order valence-electron chi connectivity index (χ0n) is 19.2. The number of hydrogen-bond acceptors (Lipinski definition) is 5. The molecular weight excluding hydrogens is 529 g/mol. The molecule has 0 aliphatic rings. The Hall–Kier alpha value is -3.78. The highest BCUT2D eigenvalue weighted by Gasteiger charge is 2.16. The van der Waals surface area contributed by atoms with E-state index in [2.05, 4.69) is 10.3 Å². The molecule has 0 aliphatic heterocycles. The van der Waals surface area contributed by atoms with Crippen LogP contribution in [0.2, 0.25) is 10.0 Å². The van der Waals surface area contributed by atoms with Gasteiger partial charge in [0, 0.05) is 5.02 Å². The minimum atomic E-state index is -0.296. The standard InChI is InChI=1S/C28H19Cl2N3O3S/c29-18-10-15-25(23(30)16-18)31-26(34)17-37-28-32-24-9-5-4-8-22(24)27(35)33(28)19-11-13-21(14-12-19)36-20-6-2-1-3-7-20/h1-16H,17H2,(H,31,34). The van der Waals surface area contributed by atoms with E-state index in [0.29, 0.717) is 49.0 Å². The normalized spacial score (nSPS) is 10.9. The van der Waals surface area contributed by atoms with Gasteiger partial charge in [-0.15, -0.1) is 0 Å². The van der Waals surface area contributed by atoms with Crippen molar-refractivity contribution in [2.75, 3.05) is 11.1 Å². The summed E-state index contributed by atoms with van der Waals surface area (Å²) in [7, 11) is 0. The van der Waals surface area contributed by atoms with E-state index in [1.54, 1.807) is 60.7 Å². The molecular formula is C28H19Cl2N3O3S. The topological polar surface area (TPSA) is 73.2 Å². The molecule has 0 aliphatic carbocycles. The molecule has 5 aromatic rings. The number of carbonyl (C=O) groups is 1. The second-order valence-corrected chi connectivity index (χ2v) is 9.71. The molecule has 0 saturated carbocycles. The minimum Gasteiger partial charge on any atom is -0.457 e. The summed E-state index contributed by atoms with van der Waals surface area (Å²) >= 11 is 13.3. The van der Waals surface area contributed by atoms with Crippen molar-refractivity contribution in [1.82, 2.24) is 9.55 Å². The van der Waals surface area contributed by atoms with Gasteiger partial charge in [-0.3, -0.25) is 14.2 Å². The first-order chi connectivity index (χ1) is 18.0. The number of benzene rings is 4. The highest BCUT2D eigenvalue weighted by Crippen LogP contribution is 2.27.